The molecule has 0 radical (unpaired) electrons. The fourth-order valence-corrected chi connectivity index (χ4v) is 3.16. The van der Waals surface area contributed by atoms with Crippen molar-refractivity contribution in [3.8, 4) is 0 Å². The summed E-state index contributed by atoms with van der Waals surface area (Å²) in [6.07, 6.45) is 2.22. The highest BCUT2D eigenvalue weighted by Gasteiger charge is 2.17. The maximum absolute atomic E-state index is 12.2. The monoisotopic (exact) mass is 359 g/mol. The van der Waals surface area contributed by atoms with Crippen molar-refractivity contribution in [1.82, 2.24) is 15.5 Å². The molecule has 1 aromatic rings. The van der Waals surface area contributed by atoms with Crippen LogP contribution < -0.4 is 15.5 Å². The number of amides is 1. The Kier molecular flexibility index (Phi) is 8.25. The van der Waals surface area contributed by atoms with Gasteiger partial charge in [0.05, 0.1) is 0 Å². The quantitative estimate of drug-likeness (QED) is 0.551. The van der Waals surface area contributed by atoms with Gasteiger partial charge in [-0.1, -0.05) is 12.1 Å². The molecule has 1 fully saturated rings. The minimum Gasteiger partial charge on any atom is -0.370 e. The molecule has 1 amide bonds. The number of aliphatic imine (C=N–C) groups is 1. The van der Waals surface area contributed by atoms with E-state index in [0.29, 0.717) is 5.96 Å². The van der Waals surface area contributed by atoms with Crippen LogP contribution in [0.2, 0.25) is 0 Å². The van der Waals surface area contributed by atoms with E-state index in [1.165, 1.54) is 11.3 Å². The Morgan fingerprint density at radius 2 is 2.00 bits per heavy atom. The Hall–Kier alpha value is -2.24. The van der Waals surface area contributed by atoms with Crippen LogP contribution in [-0.2, 0) is 4.79 Å². The first-order valence-electron chi connectivity index (χ1n) is 9.75. The van der Waals surface area contributed by atoms with Crippen molar-refractivity contribution < 1.29 is 4.79 Å². The molecule has 1 aliphatic rings. The zero-order valence-electron chi connectivity index (χ0n) is 16.4. The number of benzene rings is 1. The van der Waals surface area contributed by atoms with Crippen molar-refractivity contribution in [1.29, 1.82) is 0 Å². The van der Waals surface area contributed by atoms with Crippen molar-refractivity contribution in [2.24, 2.45) is 4.99 Å². The molecule has 2 rings (SSSR count). The number of hydrogen-bond donors (Lipinski definition) is 2. The topological polar surface area (TPSA) is 60.0 Å². The molecule has 0 atom stereocenters. The second kappa shape index (κ2) is 10.7. The van der Waals surface area contributed by atoms with Gasteiger partial charge in [-0.3, -0.25) is 4.79 Å². The number of aryl methyl sites for hydroxylation is 1. The summed E-state index contributed by atoms with van der Waals surface area (Å²) in [5.74, 6) is 0.829. The molecule has 1 saturated heterocycles. The molecule has 6 nitrogen and oxygen atoms in total. The Bertz CT molecular complexity index is 596. The number of anilines is 1. The number of rotatable bonds is 8. The maximum atomic E-state index is 12.2. The average molecular weight is 360 g/mol. The van der Waals surface area contributed by atoms with E-state index in [1.54, 1.807) is 0 Å². The van der Waals surface area contributed by atoms with Crippen LogP contribution in [0, 0.1) is 6.92 Å². The molecule has 1 heterocycles. The second-order valence-electron chi connectivity index (χ2n) is 6.63. The van der Waals surface area contributed by atoms with Gasteiger partial charge in [0.2, 0.25) is 5.91 Å². The third-order valence-electron chi connectivity index (χ3n) is 4.60. The number of carbonyl (C=O) groups is 1. The number of carbonyl (C=O) groups excluding carboxylic acids is 1. The highest BCUT2D eigenvalue weighted by atomic mass is 16.2. The van der Waals surface area contributed by atoms with E-state index in [0.717, 1.165) is 52.1 Å². The lowest BCUT2D eigenvalue weighted by molar-refractivity contribution is -0.128. The van der Waals surface area contributed by atoms with Crippen molar-refractivity contribution >= 4 is 17.6 Å². The van der Waals surface area contributed by atoms with E-state index in [4.69, 9.17) is 0 Å². The number of guanidine groups is 1. The lowest BCUT2D eigenvalue weighted by atomic mass is 10.2. The van der Waals surface area contributed by atoms with E-state index < -0.39 is 0 Å². The Labute approximate surface area is 157 Å². The molecule has 0 aromatic heterocycles. The number of hydrogen-bond acceptors (Lipinski definition) is 3. The predicted molar refractivity (Wildman–Crippen MR) is 109 cm³/mol. The molecule has 26 heavy (non-hydrogen) atoms. The molecule has 1 aliphatic heterocycles. The summed E-state index contributed by atoms with van der Waals surface area (Å²) in [4.78, 5) is 20.8. The van der Waals surface area contributed by atoms with Gasteiger partial charge in [0.25, 0.3) is 0 Å². The van der Waals surface area contributed by atoms with Gasteiger partial charge >= 0.3 is 0 Å². The molecule has 1 aromatic carbocycles. The first-order chi connectivity index (χ1) is 12.6. The molecule has 6 heteroatoms. The van der Waals surface area contributed by atoms with E-state index in [2.05, 4.69) is 58.6 Å². The number of nitrogens with one attached hydrogen (secondary N) is 2. The van der Waals surface area contributed by atoms with E-state index in [1.807, 2.05) is 11.8 Å². The highest BCUT2D eigenvalue weighted by molar-refractivity contribution is 5.85. The summed E-state index contributed by atoms with van der Waals surface area (Å²) in [6, 6.07) is 8.56. The van der Waals surface area contributed by atoms with Crippen molar-refractivity contribution in [3.63, 3.8) is 0 Å². The zero-order chi connectivity index (χ0) is 18.8. The van der Waals surface area contributed by atoms with Gasteiger partial charge in [0, 0.05) is 45.0 Å². The van der Waals surface area contributed by atoms with Crippen LogP contribution in [0.25, 0.3) is 0 Å². The first-order valence-corrected chi connectivity index (χ1v) is 9.75. The molecule has 2 N–H and O–H groups in total. The van der Waals surface area contributed by atoms with Gasteiger partial charge in [0.1, 0.15) is 6.54 Å². The van der Waals surface area contributed by atoms with Gasteiger partial charge in [-0.2, -0.15) is 0 Å². The molecule has 0 unspecified atom stereocenters. The van der Waals surface area contributed by atoms with E-state index in [9.17, 15) is 4.79 Å². The molecular formula is C20H33N5O. The fraction of sp³-hybridized carbons (Fsp3) is 0.600. The molecule has 144 valence electrons. The van der Waals surface area contributed by atoms with Crippen LogP contribution in [0.3, 0.4) is 0 Å². The molecule has 0 saturated carbocycles. The third-order valence-corrected chi connectivity index (χ3v) is 4.60. The number of nitrogens with zero attached hydrogens (tertiary/aromatic N) is 3. The summed E-state index contributed by atoms with van der Waals surface area (Å²) in [7, 11) is 0. The highest BCUT2D eigenvalue weighted by Crippen LogP contribution is 2.14. The summed E-state index contributed by atoms with van der Waals surface area (Å²) in [5, 5.41) is 6.56. The minimum atomic E-state index is 0.120. The first kappa shape index (κ1) is 20.1. The van der Waals surface area contributed by atoms with Gasteiger partial charge in [-0.25, -0.2) is 4.99 Å². The van der Waals surface area contributed by atoms with Crippen LogP contribution in [-0.4, -0.2) is 62.6 Å². The second-order valence-corrected chi connectivity index (χ2v) is 6.63. The molecular weight excluding hydrogens is 326 g/mol. The Morgan fingerprint density at radius 3 is 2.65 bits per heavy atom. The SMILES string of the molecule is CCNC(=NCC(=O)N1CCCC1)NCCN(CC)c1cccc(C)c1. The largest absolute Gasteiger partial charge is 0.370 e. The van der Waals surface area contributed by atoms with Gasteiger partial charge in [-0.15, -0.1) is 0 Å². The van der Waals surface area contributed by atoms with Crippen molar-refractivity contribution in [2.75, 3.05) is 50.7 Å². The fourth-order valence-electron chi connectivity index (χ4n) is 3.16. The van der Waals surface area contributed by atoms with E-state index >= 15 is 0 Å². The maximum Gasteiger partial charge on any atom is 0.244 e. The zero-order valence-corrected chi connectivity index (χ0v) is 16.4. The van der Waals surface area contributed by atoms with Crippen LogP contribution >= 0.6 is 0 Å². The number of likely N-dealkylation sites (tertiary alicyclic amines) is 1. The van der Waals surface area contributed by atoms with Crippen molar-refractivity contribution in [3.05, 3.63) is 29.8 Å². The summed E-state index contributed by atoms with van der Waals surface area (Å²) in [6.45, 7) is 11.6. The Balaban J connectivity index is 1.84. The number of likely N-dealkylation sites (N-methyl/N-ethyl adjacent to an activating group) is 1. The minimum absolute atomic E-state index is 0.120. The normalized spacial score (nSPS) is 14.4. The van der Waals surface area contributed by atoms with Gasteiger partial charge in [0.15, 0.2) is 5.96 Å². The van der Waals surface area contributed by atoms with Crippen LogP contribution in [0.5, 0.6) is 0 Å². The Morgan fingerprint density at radius 1 is 1.23 bits per heavy atom. The van der Waals surface area contributed by atoms with Gasteiger partial charge in [-0.05, 0) is 51.3 Å². The predicted octanol–water partition coefficient (Wildman–Crippen LogP) is 2.00. The van der Waals surface area contributed by atoms with Crippen LogP contribution in [0.4, 0.5) is 5.69 Å². The summed E-state index contributed by atoms with van der Waals surface area (Å²) < 4.78 is 0. The van der Waals surface area contributed by atoms with Crippen molar-refractivity contribution in [2.45, 2.75) is 33.6 Å². The van der Waals surface area contributed by atoms with E-state index in [-0.39, 0.29) is 12.5 Å². The van der Waals surface area contributed by atoms with Gasteiger partial charge < -0.3 is 20.4 Å². The molecule has 0 bridgehead atoms. The molecule has 0 aliphatic carbocycles. The average Bonchev–Trinajstić information content (AvgIpc) is 3.17. The lowest BCUT2D eigenvalue weighted by Crippen LogP contribution is -2.42. The van der Waals surface area contributed by atoms with Crippen LogP contribution in [0.15, 0.2) is 29.3 Å². The smallest absolute Gasteiger partial charge is 0.244 e. The third kappa shape index (κ3) is 6.24. The van der Waals surface area contributed by atoms with Crippen LogP contribution in [0.1, 0.15) is 32.3 Å². The standard InChI is InChI=1S/C20H33N5O/c1-4-21-20(23-16-19(26)25-12-6-7-13-25)22-11-14-24(5-2)18-10-8-9-17(3)15-18/h8-10,15H,4-7,11-14,16H2,1-3H3,(H2,21,22,23). The molecule has 0 spiro atoms. The summed E-state index contributed by atoms with van der Waals surface area (Å²) in [5.41, 5.74) is 2.50. The summed E-state index contributed by atoms with van der Waals surface area (Å²) >= 11 is 0. The lowest BCUT2D eigenvalue weighted by Gasteiger charge is -2.24.